The molecule has 1 amide bonds. The highest BCUT2D eigenvalue weighted by Crippen LogP contribution is 2.29. The van der Waals surface area contributed by atoms with Crippen molar-refractivity contribution < 1.29 is 23.0 Å². The standard InChI is InChI=1S/C20H16ClF2NO3S/c1-12-6-7-15(17(8-12)27-20(22)23)24-19(25)18-9-13(11-28-18)10-26-16-5-3-2-4-14(16)21/h2-9,11,20H,10H2,1H3,(H,24,25). The third-order valence-electron chi connectivity index (χ3n) is 3.71. The van der Waals surface area contributed by atoms with E-state index in [2.05, 4.69) is 10.1 Å². The van der Waals surface area contributed by atoms with Crippen LogP contribution in [0.15, 0.2) is 53.9 Å². The molecular weight excluding hydrogens is 408 g/mol. The molecule has 0 atom stereocenters. The van der Waals surface area contributed by atoms with Gasteiger partial charge in [-0.05, 0) is 48.2 Å². The van der Waals surface area contributed by atoms with Gasteiger partial charge in [0.15, 0.2) is 0 Å². The summed E-state index contributed by atoms with van der Waals surface area (Å²) >= 11 is 7.27. The van der Waals surface area contributed by atoms with Crippen LogP contribution in [0.2, 0.25) is 5.02 Å². The van der Waals surface area contributed by atoms with E-state index in [1.807, 2.05) is 6.07 Å². The highest BCUT2D eigenvalue weighted by molar-refractivity contribution is 7.12. The number of rotatable bonds is 7. The van der Waals surface area contributed by atoms with Crippen molar-refractivity contribution in [1.29, 1.82) is 0 Å². The average molecular weight is 424 g/mol. The number of ether oxygens (including phenoxy) is 2. The summed E-state index contributed by atoms with van der Waals surface area (Å²) in [5.74, 6) is 0.0500. The van der Waals surface area contributed by atoms with Gasteiger partial charge in [0.1, 0.15) is 18.1 Å². The van der Waals surface area contributed by atoms with Crippen molar-refractivity contribution in [3.8, 4) is 11.5 Å². The Morgan fingerprint density at radius 3 is 2.71 bits per heavy atom. The van der Waals surface area contributed by atoms with E-state index < -0.39 is 12.5 Å². The molecule has 1 heterocycles. The van der Waals surface area contributed by atoms with Gasteiger partial charge in [0.05, 0.1) is 15.6 Å². The molecule has 4 nitrogen and oxygen atoms in total. The van der Waals surface area contributed by atoms with Crippen LogP contribution < -0.4 is 14.8 Å². The van der Waals surface area contributed by atoms with Gasteiger partial charge >= 0.3 is 6.61 Å². The summed E-state index contributed by atoms with van der Waals surface area (Å²) in [5, 5.41) is 4.90. The van der Waals surface area contributed by atoms with E-state index in [0.717, 1.165) is 11.1 Å². The van der Waals surface area contributed by atoms with Gasteiger partial charge in [-0.2, -0.15) is 8.78 Å². The maximum atomic E-state index is 12.6. The maximum Gasteiger partial charge on any atom is 0.387 e. The lowest BCUT2D eigenvalue weighted by Crippen LogP contribution is -2.13. The fourth-order valence-electron chi connectivity index (χ4n) is 2.40. The van der Waals surface area contributed by atoms with Gasteiger partial charge in [-0.25, -0.2) is 0 Å². The second-order valence-corrected chi connectivity index (χ2v) is 7.19. The molecule has 2 aromatic carbocycles. The highest BCUT2D eigenvalue weighted by atomic mass is 35.5. The van der Waals surface area contributed by atoms with Crippen molar-refractivity contribution in [2.45, 2.75) is 20.1 Å². The molecule has 0 spiro atoms. The fourth-order valence-corrected chi connectivity index (χ4v) is 3.39. The number of carbonyl (C=O) groups excluding carboxylic acids is 1. The van der Waals surface area contributed by atoms with Crippen LogP contribution in [-0.2, 0) is 6.61 Å². The number of para-hydroxylation sites is 1. The van der Waals surface area contributed by atoms with Gasteiger partial charge in [-0.15, -0.1) is 11.3 Å². The van der Waals surface area contributed by atoms with E-state index in [4.69, 9.17) is 16.3 Å². The first-order valence-corrected chi connectivity index (χ1v) is 9.49. The number of anilines is 1. The predicted octanol–water partition coefficient (Wildman–Crippen LogP) is 6.14. The van der Waals surface area contributed by atoms with E-state index in [9.17, 15) is 13.6 Å². The van der Waals surface area contributed by atoms with Crippen molar-refractivity contribution in [2.75, 3.05) is 5.32 Å². The average Bonchev–Trinajstić information content (AvgIpc) is 3.12. The molecule has 0 bridgehead atoms. The normalized spacial score (nSPS) is 10.8. The van der Waals surface area contributed by atoms with Gasteiger partial charge in [0.2, 0.25) is 0 Å². The monoisotopic (exact) mass is 423 g/mol. The van der Waals surface area contributed by atoms with Crippen molar-refractivity contribution >= 4 is 34.5 Å². The van der Waals surface area contributed by atoms with Gasteiger partial charge in [0, 0.05) is 5.56 Å². The molecule has 0 radical (unpaired) electrons. The van der Waals surface area contributed by atoms with Crippen LogP contribution in [0, 0.1) is 6.92 Å². The van der Waals surface area contributed by atoms with Crippen LogP contribution in [0.1, 0.15) is 20.8 Å². The summed E-state index contributed by atoms with van der Waals surface area (Å²) in [6.45, 7) is -0.987. The minimum atomic E-state index is -2.98. The van der Waals surface area contributed by atoms with Crippen LogP contribution in [0.5, 0.6) is 11.5 Å². The van der Waals surface area contributed by atoms with Crippen molar-refractivity contribution in [3.63, 3.8) is 0 Å². The summed E-state index contributed by atoms with van der Waals surface area (Å²) in [7, 11) is 0. The fraction of sp³-hybridized carbons (Fsp3) is 0.150. The summed E-state index contributed by atoms with van der Waals surface area (Å²) in [6.07, 6.45) is 0. The van der Waals surface area contributed by atoms with E-state index in [1.165, 1.54) is 23.5 Å². The Kier molecular flexibility index (Phi) is 6.49. The van der Waals surface area contributed by atoms with Crippen LogP contribution in [-0.4, -0.2) is 12.5 Å². The van der Waals surface area contributed by atoms with E-state index in [0.29, 0.717) is 15.6 Å². The molecule has 8 heteroatoms. The highest BCUT2D eigenvalue weighted by Gasteiger charge is 2.15. The molecule has 0 saturated carbocycles. The molecule has 3 rings (SSSR count). The van der Waals surface area contributed by atoms with Crippen molar-refractivity contribution in [2.24, 2.45) is 0 Å². The smallest absolute Gasteiger partial charge is 0.387 e. The summed E-state index contributed by atoms with van der Waals surface area (Å²) < 4.78 is 35.3. The van der Waals surface area contributed by atoms with Crippen molar-refractivity contribution in [1.82, 2.24) is 0 Å². The van der Waals surface area contributed by atoms with Crippen LogP contribution in [0.3, 0.4) is 0 Å². The van der Waals surface area contributed by atoms with Crippen LogP contribution >= 0.6 is 22.9 Å². The molecule has 0 aliphatic heterocycles. The quantitative estimate of drug-likeness (QED) is 0.496. The summed E-state index contributed by atoms with van der Waals surface area (Å²) in [5.41, 5.74) is 1.71. The molecular formula is C20H16ClF2NO3S. The maximum absolute atomic E-state index is 12.6. The van der Waals surface area contributed by atoms with Gasteiger partial charge in [0.25, 0.3) is 5.91 Å². The second-order valence-electron chi connectivity index (χ2n) is 5.87. The summed E-state index contributed by atoms with van der Waals surface area (Å²) in [4.78, 5) is 12.9. The van der Waals surface area contributed by atoms with Crippen LogP contribution in [0.4, 0.5) is 14.5 Å². The minimum Gasteiger partial charge on any atom is -0.487 e. The number of hydrogen-bond donors (Lipinski definition) is 1. The zero-order chi connectivity index (χ0) is 20.1. The third-order valence-corrected chi connectivity index (χ3v) is 5.00. The Morgan fingerprint density at radius 1 is 1.18 bits per heavy atom. The molecule has 3 aromatic rings. The molecule has 1 N–H and O–H groups in total. The largest absolute Gasteiger partial charge is 0.487 e. The Morgan fingerprint density at radius 2 is 1.96 bits per heavy atom. The molecule has 146 valence electrons. The number of benzene rings is 2. The molecule has 0 aliphatic carbocycles. The van der Waals surface area contributed by atoms with Crippen molar-refractivity contribution in [3.05, 3.63) is 74.9 Å². The first-order valence-electron chi connectivity index (χ1n) is 8.24. The molecule has 0 unspecified atom stereocenters. The Labute approximate surface area is 169 Å². The van der Waals surface area contributed by atoms with Gasteiger partial charge < -0.3 is 14.8 Å². The number of amides is 1. The number of hydrogen-bond acceptors (Lipinski definition) is 4. The van der Waals surface area contributed by atoms with E-state index in [1.54, 1.807) is 42.6 Å². The Bertz CT molecular complexity index is 978. The SMILES string of the molecule is Cc1ccc(NC(=O)c2cc(COc3ccccc3Cl)cs2)c(OC(F)F)c1. The number of nitrogens with one attached hydrogen (secondary N) is 1. The molecule has 28 heavy (non-hydrogen) atoms. The number of halogens is 3. The minimum absolute atomic E-state index is 0.0813. The lowest BCUT2D eigenvalue weighted by molar-refractivity contribution is -0.0494. The number of thiophene rings is 1. The van der Waals surface area contributed by atoms with Gasteiger partial charge in [-0.1, -0.05) is 29.8 Å². The Balaban J connectivity index is 1.67. The summed E-state index contributed by atoms with van der Waals surface area (Å²) in [6, 6.07) is 13.4. The van der Waals surface area contributed by atoms with E-state index >= 15 is 0 Å². The first-order chi connectivity index (χ1) is 13.4. The third kappa shape index (κ3) is 5.21. The topological polar surface area (TPSA) is 47.6 Å². The molecule has 0 aliphatic rings. The first kappa shape index (κ1) is 20.1. The van der Waals surface area contributed by atoms with Crippen LogP contribution in [0.25, 0.3) is 0 Å². The zero-order valence-electron chi connectivity index (χ0n) is 14.7. The lowest BCUT2D eigenvalue weighted by atomic mass is 10.2. The second kappa shape index (κ2) is 9.03. The number of carbonyl (C=O) groups is 1. The number of aryl methyl sites for hydroxylation is 1. The molecule has 0 fully saturated rings. The molecule has 0 saturated heterocycles. The predicted molar refractivity (Wildman–Crippen MR) is 106 cm³/mol. The van der Waals surface area contributed by atoms with Gasteiger partial charge in [-0.3, -0.25) is 4.79 Å². The van der Waals surface area contributed by atoms with E-state index in [-0.39, 0.29) is 18.0 Å². The molecule has 1 aromatic heterocycles. The Hall–Kier alpha value is -2.64. The number of alkyl halides is 2. The zero-order valence-corrected chi connectivity index (χ0v) is 16.3. The lowest BCUT2D eigenvalue weighted by Gasteiger charge is -2.12.